The third kappa shape index (κ3) is 4.85. The Morgan fingerprint density at radius 3 is 3.04 bits per heavy atom. The number of rotatable bonds is 6. The molecule has 0 saturated carbocycles. The number of nitrogens with one attached hydrogen (secondary N) is 2. The highest BCUT2D eigenvalue weighted by atomic mass is 16.5. The summed E-state index contributed by atoms with van der Waals surface area (Å²) in [6, 6.07) is 7.07. The van der Waals surface area contributed by atoms with E-state index in [0.29, 0.717) is 36.6 Å². The fourth-order valence-electron chi connectivity index (χ4n) is 3.36. The molecule has 3 rings (SSSR count). The van der Waals surface area contributed by atoms with Gasteiger partial charge >= 0.3 is 6.03 Å². The van der Waals surface area contributed by atoms with E-state index in [1.54, 1.807) is 19.4 Å². The minimum absolute atomic E-state index is 0.0956. The standard InChI is InChI=1S/C19H25N5O3/c1-27-15-10-13-4-2-6-21-17(13)16(11-15)23-19(26)22-7-9-24-8-3-5-14(12-24)18(20)25/h2,4,6,10-11,14H,3,5,7-9,12H2,1H3,(H2,20,25)(H2,22,23,26)/t14-/m1/s1. The van der Waals surface area contributed by atoms with Gasteiger partial charge < -0.3 is 26.0 Å². The van der Waals surface area contributed by atoms with Gasteiger partial charge in [0.05, 0.1) is 24.2 Å². The second kappa shape index (κ2) is 8.68. The number of ether oxygens (including phenoxy) is 1. The van der Waals surface area contributed by atoms with Crippen LogP contribution in [0.5, 0.6) is 5.75 Å². The smallest absolute Gasteiger partial charge is 0.319 e. The Labute approximate surface area is 158 Å². The number of nitrogens with zero attached hydrogens (tertiary/aromatic N) is 2. The lowest BCUT2D eigenvalue weighted by Crippen LogP contribution is -2.44. The number of primary amides is 1. The van der Waals surface area contributed by atoms with E-state index in [1.807, 2.05) is 18.2 Å². The molecule has 1 aliphatic heterocycles. The number of likely N-dealkylation sites (tertiary alicyclic amines) is 1. The fraction of sp³-hybridized carbons (Fsp3) is 0.421. The first kappa shape index (κ1) is 18.9. The molecule has 144 valence electrons. The van der Waals surface area contributed by atoms with Crippen LogP contribution in [0.3, 0.4) is 0 Å². The Morgan fingerprint density at radius 2 is 2.26 bits per heavy atom. The van der Waals surface area contributed by atoms with Crippen LogP contribution >= 0.6 is 0 Å². The van der Waals surface area contributed by atoms with E-state index in [-0.39, 0.29) is 17.9 Å². The molecule has 8 heteroatoms. The molecule has 1 fully saturated rings. The predicted octanol–water partition coefficient (Wildman–Crippen LogP) is 1.56. The zero-order valence-corrected chi connectivity index (χ0v) is 15.4. The number of piperidine rings is 1. The number of pyridine rings is 1. The van der Waals surface area contributed by atoms with Crippen molar-refractivity contribution in [2.24, 2.45) is 11.7 Å². The van der Waals surface area contributed by atoms with Crippen molar-refractivity contribution in [2.45, 2.75) is 12.8 Å². The van der Waals surface area contributed by atoms with E-state index in [0.717, 1.165) is 24.8 Å². The minimum atomic E-state index is -0.307. The molecule has 0 bridgehead atoms. The normalized spacial score (nSPS) is 17.4. The van der Waals surface area contributed by atoms with Crippen LogP contribution in [0.1, 0.15) is 12.8 Å². The van der Waals surface area contributed by atoms with Gasteiger partial charge in [0.25, 0.3) is 0 Å². The Balaban J connectivity index is 1.55. The number of hydrogen-bond donors (Lipinski definition) is 3. The second-order valence-electron chi connectivity index (χ2n) is 6.67. The van der Waals surface area contributed by atoms with Crippen molar-refractivity contribution in [3.05, 3.63) is 30.5 Å². The van der Waals surface area contributed by atoms with Crippen molar-refractivity contribution in [2.75, 3.05) is 38.6 Å². The Bertz CT molecular complexity index is 826. The topological polar surface area (TPSA) is 110 Å². The SMILES string of the molecule is COc1cc(NC(=O)NCCN2CCC[C@@H](C(N)=O)C2)c2ncccc2c1. The van der Waals surface area contributed by atoms with Gasteiger partial charge in [0, 0.05) is 37.3 Å². The Kier molecular flexibility index (Phi) is 6.08. The molecule has 0 unspecified atom stereocenters. The number of urea groups is 1. The molecule has 0 aliphatic carbocycles. The molecular weight excluding hydrogens is 346 g/mol. The minimum Gasteiger partial charge on any atom is -0.497 e. The largest absolute Gasteiger partial charge is 0.497 e. The lowest BCUT2D eigenvalue weighted by molar-refractivity contribution is -0.123. The van der Waals surface area contributed by atoms with Gasteiger partial charge in [-0.25, -0.2) is 4.79 Å². The van der Waals surface area contributed by atoms with Crippen molar-refractivity contribution in [3.63, 3.8) is 0 Å². The third-order valence-electron chi connectivity index (χ3n) is 4.78. The summed E-state index contributed by atoms with van der Waals surface area (Å²) < 4.78 is 5.29. The number of amides is 3. The summed E-state index contributed by atoms with van der Waals surface area (Å²) in [4.78, 5) is 30.1. The number of methoxy groups -OCH3 is 1. The van der Waals surface area contributed by atoms with Crippen LogP contribution in [0.4, 0.5) is 10.5 Å². The molecule has 27 heavy (non-hydrogen) atoms. The Morgan fingerprint density at radius 1 is 1.41 bits per heavy atom. The van der Waals surface area contributed by atoms with Gasteiger partial charge in [-0.3, -0.25) is 9.78 Å². The summed E-state index contributed by atoms with van der Waals surface area (Å²) in [5.74, 6) is 0.307. The molecule has 1 saturated heterocycles. The lowest BCUT2D eigenvalue weighted by atomic mass is 9.97. The lowest BCUT2D eigenvalue weighted by Gasteiger charge is -2.31. The average molecular weight is 371 g/mol. The molecule has 2 aromatic rings. The van der Waals surface area contributed by atoms with Crippen molar-refractivity contribution in [1.82, 2.24) is 15.2 Å². The van der Waals surface area contributed by atoms with Crippen LogP contribution in [-0.2, 0) is 4.79 Å². The zero-order valence-electron chi connectivity index (χ0n) is 15.4. The van der Waals surface area contributed by atoms with E-state index < -0.39 is 0 Å². The number of hydrogen-bond acceptors (Lipinski definition) is 5. The highest BCUT2D eigenvalue weighted by molar-refractivity contribution is 6.00. The number of fused-ring (bicyclic) bond motifs is 1. The fourth-order valence-corrected chi connectivity index (χ4v) is 3.36. The molecule has 1 atom stereocenters. The van der Waals surface area contributed by atoms with E-state index in [9.17, 15) is 9.59 Å². The summed E-state index contributed by atoms with van der Waals surface area (Å²) >= 11 is 0. The highest BCUT2D eigenvalue weighted by Gasteiger charge is 2.23. The van der Waals surface area contributed by atoms with Crippen LogP contribution < -0.4 is 21.1 Å². The maximum absolute atomic E-state index is 12.3. The summed E-state index contributed by atoms with van der Waals surface area (Å²) in [7, 11) is 1.58. The first-order chi connectivity index (χ1) is 13.1. The van der Waals surface area contributed by atoms with Crippen LogP contribution in [-0.4, -0.2) is 55.1 Å². The van der Waals surface area contributed by atoms with Crippen molar-refractivity contribution in [3.8, 4) is 5.75 Å². The number of aromatic nitrogens is 1. The van der Waals surface area contributed by atoms with E-state index in [1.165, 1.54) is 0 Å². The first-order valence-corrected chi connectivity index (χ1v) is 9.06. The summed E-state index contributed by atoms with van der Waals surface area (Å²) in [5.41, 5.74) is 6.69. The highest BCUT2D eigenvalue weighted by Crippen LogP contribution is 2.27. The van der Waals surface area contributed by atoms with Crippen molar-refractivity contribution < 1.29 is 14.3 Å². The molecule has 8 nitrogen and oxygen atoms in total. The van der Waals surface area contributed by atoms with Crippen molar-refractivity contribution in [1.29, 1.82) is 0 Å². The monoisotopic (exact) mass is 371 g/mol. The molecule has 0 radical (unpaired) electrons. The van der Waals surface area contributed by atoms with E-state index >= 15 is 0 Å². The summed E-state index contributed by atoms with van der Waals surface area (Å²) in [5, 5.41) is 6.57. The summed E-state index contributed by atoms with van der Waals surface area (Å²) in [6.45, 7) is 2.72. The third-order valence-corrected chi connectivity index (χ3v) is 4.78. The van der Waals surface area contributed by atoms with E-state index in [4.69, 9.17) is 10.5 Å². The van der Waals surface area contributed by atoms with Crippen LogP contribution in [0.25, 0.3) is 10.9 Å². The number of carbonyl (C=O) groups is 2. The van der Waals surface area contributed by atoms with Crippen LogP contribution in [0, 0.1) is 5.92 Å². The molecule has 3 amide bonds. The van der Waals surface area contributed by atoms with Gasteiger partial charge in [-0.05, 0) is 31.5 Å². The quantitative estimate of drug-likeness (QED) is 0.714. The molecule has 1 aromatic carbocycles. The van der Waals surface area contributed by atoms with Gasteiger partial charge in [-0.1, -0.05) is 6.07 Å². The first-order valence-electron chi connectivity index (χ1n) is 9.06. The summed E-state index contributed by atoms with van der Waals surface area (Å²) in [6.07, 6.45) is 3.47. The number of anilines is 1. The second-order valence-corrected chi connectivity index (χ2v) is 6.67. The number of carbonyl (C=O) groups excluding carboxylic acids is 2. The average Bonchev–Trinajstić information content (AvgIpc) is 2.68. The van der Waals surface area contributed by atoms with E-state index in [2.05, 4.69) is 20.5 Å². The Hall–Kier alpha value is -2.87. The molecule has 1 aromatic heterocycles. The van der Waals surface area contributed by atoms with Crippen LogP contribution in [0.2, 0.25) is 0 Å². The van der Waals surface area contributed by atoms with Crippen molar-refractivity contribution >= 4 is 28.5 Å². The molecule has 4 N–H and O–H groups in total. The number of nitrogens with two attached hydrogens (primary N) is 1. The van der Waals surface area contributed by atoms with Gasteiger partial charge in [-0.15, -0.1) is 0 Å². The zero-order chi connectivity index (χ0) is 19.2. The predicted molar refractivity (Wildman–Crippen MR) is 104 cm³/mol. The maximum Gasteiger partial charge on any atom is 0.319 e. The van der Waals surface area contributed by atoms with Gasteiger partial charge in [0.1, 0.15) is 5.75 Å². The molecular formula is C19H25N5O3. The number of benzene rings is 1. The van der Waals surface area contributed by atoms with Gasteiger partial charge in [0.15, 0.2) is 0 Å². The van der Waals surface area contributed by atoms with Crippen LogP contribution in [0.15, 0.2) is 30.5 Å². The van der Waals surface area contributed by atoms with Gasteiger partial charge in [0.2, 0.25) is 5.91 Å². The van der Waals surface area contributed by atoms with Gasteiger partial charge in [-0.2, -0.15) is 0 Å². The molecule has 2 heterocycles. The molecule has 1 aliphatic rings. The maximum atomic E-state index is 12.3. The molecule has 0 spiro atoms.